The number of hydrogen-bond donors (Lipinski definition) is 2. The Morgan fingerprint density at radius 1 is 1.06 bits per heavy atom. The van der Waals surface area contributed by atoms with Crippen LogP contribution in [0.1, 0.15) is 37.3 Å². The van der Waals surface area contributed by atoms with Crippen molar-refractivity contribution >= 4 is 29.1 Å². The molecule has 0 radical (unpaired) electrons. The van der Waals surface area contributed by atoms with Gasteiger partial charge < -0.3 is 16.0 Å². The fourth-order valence-electron chi connectivity index (χ4n) is 4.73. The van der Waals surface area contributed by atoms with Crippen LogP contribution in [0.25, 0.3) is 0 Å². The molecule has 0 saturated carbocycles. The van der Waals surface area contributed by atoms with E-state index in [1.54, 1.807) is 4.90 Å². The van der Waals surface area contributed by atoms with Gasteiger partial charge in [0.2, 0.25) is 17.7 Å². The maximum Gasteiger partial charge on any atom is 0.229 e. The molecule has 0 aromatic heterocycles. The Kier molecular flexibility index (Phi) is 7.08. The van der Waals surface area contributed by atoms with E-state index in [2.05, 4.69) is 17.1 Å². The summed E-state index contributed by atoms with van der Waals surface area (Å²) in [4.78, 5) is 41.2. The third-order valence-corrected chi connectivity index (χ3v) is 6.73. The molecule has 0 bridgehead atoms. The minimum Gasteiger partial charge on any atom is -0.369 e. The molecule has 2 aliphatic heterocycles. The van der Waals surface area contributed by atoms with Crippen LogP contribution in [0.2, 0.25) is 0 Å². The van der Waals surface area contributed by atoms with E-state index in [1.807, 2.05) is 48.5 Å². The van der Waals surface area contributed by atoms with Crippen LogP contribution in [-0.2, 0) is 27.3 Å². The zero-order valence-corrected chi connectivity index (χ0v) is 19.1. The second kappa shape index (κ2) is 10.2. The summed E-state index contributed by atoms with van der Waals surface area (Å²) in [5.74, 6) is -0.940. The number of nitrogens with two attached hydrogens (primary N) is 1. The van der Waals surface area contributed by atoms with Gasteiger partial charge in [-0.15, -0.1) is 0 Å². The van der Waals surface area contributed by atoms with Crippen molar-refractivity contribution in [2.24, 2.45) is 17.6 Å². The first-order valence-corrected chi connectivity index (χ1v) is 11.7. The first kappa shape index (κ1) is 23.0. The van der Waals surface area contributed by atoms with Crippen molar-refractivity contribution in [1.29, 1.82) is 0 Å². The highest BCUT2D eigenvalue weighted by Crippen LogP contribution is 2.28. The van der Waals surface area contributed by atoms with Gasteiger partial charge in [0.15, 0.2) is 0 Å². The quantitative estimate of drug-likeness (QED) is 0.681. The number of nitrogens with one attached hydrogen (secondary N) is 1. The van der Waals surface area contributed by atoms with E-state index in [0.29, 0.717) is 19.6 Å². The number of likely N-dealkylation sites (tertiary alicyclic amines) is 1. The second-order valence-electron chi connectivity index (χ2n) is 9.05. The molecule has 2 aromatic carbocycles. The summed E-state index contributed by atoms with van der Waals surface area (Å²) >= 11 is 0. The number of aryl methyl sites for hydroxylation is 1. The molecule has 4 rings (SSSR count). The highest BCUT2D eigenvalue weighted by Gasteiger charge is 2.35. The molecule has 2 aromatic rings. The summed E-state index contributed by atoms with van der Waals surface area (Å²) in [7, 11) is 0. The molecule has 2 unspecified atom stereocenters. The maximum absolute atomic E-state index is 13.1. The fourth-order valence-corrected chi connectivity index (χ4v) is 4.73. The molecular formula is C26H32N4O3. The highest BCUT2D eigenvalue weighted by atomic mass is 16.2. The van der Waals surface area contributed by atoms with Gasteiger partial charge in [0, 0.05) is 37.4 Å². The largest absolute Gasteiger partial charge is 0.369 e. The number of primary amides is 1. The van der Waals surface area contributed by atoms with Crippen molar-refractivity contribution in [3.8, 4) is 0 Å². The number of piperidine rings is 1. The number of anilines is 2. The molecule has 174 valence electrons. The predicted molar refractivity (Wildman–Crippen MR) is 129 cm³/mol. The van der Waals surface area contributed by atoms with Gasteiger partial charge in [-0.25, -0.2) is 0 Å². The smallest absolute Gasteiger partial charge is 0.229 e. The molecule has 0 aliphatic carbocycles. The summed E-state index contributed by atoms with van der Waals surface area (Å²) in [6.07, 6.45) is 2.91. The Labute approximate surface area is 194 Å². The lowest BCUT2D eigenvalue weighted by Crippen LogP contribution is -2.40. The van der Waals surface area contributed by atoms with Crippen LogP contribution in [-0.4, -0.2) is 42.3 Å². The summed E-state index contributed by atoms with van der Waals surface area (Å²) in [6, 6.07) is 15.7. The van der Waals surface area contributed by atoms with E-state index in [0.717, 1.165) is 42.7 Å². The lowest BCUT2D eigenvalue weighted by atomic mass is 9.97. The van der Waals surface area contributed by atoms with E-state index in [-0.39, 0.29) is 30.1 Å². The van der Waals surface area contributed by atoms with Gasteiger partial charge in [0.05, 0.1) is 11.8 Å². The average Bonchev–Trinajstić information content (AvgIpc) is 3.22. The molecule has 2 aliphatic rings. The zero-order chi connectivity index (χ0) is 23.4. The van der Waals surface area contributed by atoms with Gasteiger partial charge in [0.25, 0.3) is 0 Å². The van der Waals surface area contributed by atoms with Gasteiger partial charge in [-0.05, 0) is 55.1 Å². The van der Waals surface area contributed by atoms with Crippen LogP contribution in [0.4, 0.5) is 11.4 Å². The van der Waals surface area contributed by atoms with Gasteiger partial charge in [-0.3, -0.25) is 19.3 Å². The van der Waals surface area contributed by atoms with E-state index in [9.17, 15) is 14.4 Å². The number of para-hydroxylation sites is 1. The number of nitrogens with zero attached hydrogens (tertiary/aromatic N) is 2. The van der Waals surface area contributed by atoms with Gasteiger partial charge in [-0.2, -0.15) is 0 Å². The van der Waals surface area contributed by atoms with Crippen LogP contribution < -0.4 is 16.0 Å². The van der Waals surface area contributed by atoms with Gasteiger partial charge in [0.1, 0.15) is 0 Å². The molecule has 2 fully saturated rings. The maximum atomic E-state index is 13.1. The Bertz CT molecular complexity index is 1020. The molecule has 7 heteroatoms. The SMILES string of the molecule is CCc1ccc(N2CC(C(=O)Nc3ccccc3CN3CCCC(C(N)=O)C3)CC2=O)cc1. The van der Waals surface area contributed by atoms with E-state index >= 15 is 0 Å². The zero-order valence-electron chi connectivity index (χ0n) is 19.1. The number of rotatable bonds is 7. The summed E-state index contributed by atoms with van der Waals surface area (Å²) < 4.78 is 0. The van der Waals surface area contributed by atoms with E-state index in [1.165, 1.54) is 5.56 Å². The molecular weight excluding hydrogens is 416 g/mol. The van der Waals surface area contributed by atoms with Crippen LogP contribution >= 0.6 is 0 Å². The summed E-state index contributed by atoms with van der Waals surface area (Å²) in [5.41, 5.74) is 9.31. The normalized spacial score (nSPS) is 21.2. The van der Waals surface area contributed by atoms with Crippen LogP contribution in [0.3, 0.4) is 0 Å². The number of hydrogen-bond acceptors (Lipinski definition) is 4. The number of amides is 3. The molecule has 2 saturated heterocycles. The first-order chi connectivity index (χ1) is 15.9. The van der Waals surface area contributed by atoms with Crippen molar-refractivity contribution < 1.29 is 14.4 Å². The minimum absolute atomic E-state index is 0.0292. The van der Waals surface area contributed by atoms with Crippen molar-refractivity contribution in [3.05, 3.63) is 59.7 Å². The first-order valence-electron chi connectivity index (χ1n) is 11.7. The van der Waals surface area contributed by atoms with Crippen LogP contribution in [0.15, 0.2) is 48.5 Å². The van der Waals surface area contributed by atoms with Crippen molar-refractivity contribution in [2.45, 2.75) is 39.2 Å². The molecule has 2 heterocycles. The molecule has 3 amide bonds. The Hall–Kier alpha value is -3.19. The summed E-state index contributed by atoms with van der Waals surface area (Å²) in [6.45, 7) is 4.65. The molecule has 3 N–H and O–H groups in total. The fraction of sp³-hybridized carbons (Fsp3) is 0.423. The van der Waals surface area contributed by atoms with Gasteiger partial charge >= 0.3 is 0 Å². The lowest BCUT2D eigenvalue weighted by molar-refractivity contribution is -0.123. The number of benzene rings is 2. The molecule has 33 heavy (non-hydrogen) atoms. The second-order valence-corrected chi connectivity index (χ2v) is 9.05. The van der Waals surface area contributed by atoms with Crippen molar-refractivity contribution in [3.63, 3.8) is 0 Å². The average molecular weight is 449 g/mol. The molecule has 0 spiro atoms. The Morgan fingerprint density at radius 3 is 2.55 bits per heavy atom. The van der Waals surface area contributed by atoms with E-state index < -0.39 is 5.92 Å². The van der Waals surface area contributed by atoms with E-state index in [4.69, 9.17) is 5.73 Å². The minimum atomic E-state index is -0.398. The number of carbonyl (C=O) groups excluding carboxylic acids is 3. The van der Waals surface area contributed by atoms with Gasteiger partial charge in [-0.1, -0.05) is 37.3 Å². The van der Waals surface area contributed by atoms with Crippen LogP contribution in [0.5, 0.6) is 0 Å². The molecule has 7 nitrogen and oxygen atoms in total. The third-order valence-electron chi connectivity index (χ3n) is 6.73. The molecule has 2 atom stereocenters. The van der Waals surface area contributed by atoms with Crippen molar-refractivity contribution in [2.75, 3.05) is 29.9 Å². The monoisotopic (exact) mass is 448 g/mol. The topological polar surface area (TPSA) is 95.7 Å². The highest BCUT2D eigenvalue weighted by molar-refractivity contribution is 6.03. The lowest BCUT2D eigenvalue weighted by Gasteiger charge is -2.31. The standard InChI is InChI=1S/C26H32N4O3/c1-2-18-9-11-22(12-10-18)30-17-21(14-24(30)31)26(33)28-23-8-4-3-6-19(23)15-29-13-5-7-20(16-29)25(27)32/h3-4,6,8-12,20-21H,2,5,7,13-17H2,1H3,(H2,27,32)(H,28,33). The Balaban J connectivity index is 1.40. The number of carbonyl (C=O) groups is 3. The predicted octanol–water partition coefficient (Wildman–Crippen LogP) is 2.94. The summed E-state index contributed by atoms with van der Waals surface area (Å²) in [5, 5.41) is 3.05. The van der Waals surface area contributed by atoms with Crippen molar-refractivity contribution in [1.82, 2.24) is 4.90 Å². The third kappa shape index (κ3) is 5.42. The van der Waals surface area contributed by atoms with Crippen LogP contribution in [0, 0.1) is 11.8 Å². The Morgan fingerprint density at radius 2 is 1.82 bits per heavy atom.